The summed E-state index contributed by atoms with van der Waals surface area (Å²) in [5, 5.41) is 6.34. The van der Waals surface area contributed by atoms with Gasteiger partial charge in [-0.3, -0.25) is 4.57 Å². The van der Waals surface area contributed by atoms with Crippen molar-refractivity contribution in [2.75, 3.05) is 0 Å². The molecule has 1 aliphatic heterocycles. The average molecular weight is 219 g/mol. The molecule has 0 fully saturated rings. The first-order valence-electron chi connectivity index (χ1n) is 5.17. The summed E-state index contributed by atoms with van der Waals surface area (Å²) in [6, 6.07) is 6.28. The van der Waals surface area contributed by atoms with E-state index in [1.807, 2.05) is 6.07 Å². The van der Waals surface area contributed by atoms with E-state index in [0.29, 0.717) is 0 Å². The maximum Gasteiger partial charge on any atom is 0.343 e. The molecule has 2 heterocycles. The van der Waals surface area contributed by atoms with Crippen LogP contribution in [0.25, 0.3) is 0 Å². The lowest BCUT2D eigenvalue weighted by molar-refractivity contribution is 0.582. The van der Waals surface area contributed by atoms with Gasteiger partial charge in [0.1, 0.15) is 11.6 Å². The molecule has 2 aromatic rings. The van der Waals surface area contributed by atoms with Gasteiger partial charge in [-0.05, 0) is 24.1 Å². The van der Waals surface area contributed by atoms with E-state index in [4.69, 9.17) is 0 Å². The Morgan fingerprint density at radius 1 is 1.50 bits per heavy atom. The Labute approximate surface area is 90.7 Å². The fraction of sp³-hybridized carbons (Fsp3) is 0.273. The molecule has 0 saturated heterocycles. The van der Waals surface area contributed by atoms with E-state index in [1.165, 1.54) is 12.1 Å². The van der Waals surface area contributed by atoms with Gasteiger partial charge >= 0.3 is 5.69 Å². The second-order valence-corrected chi connectivity index (χ2v) is 3.92. The molecule has 0 radical (unpaired) electrons. The maximum absolute atomic E-state index is 13.1. The van der Waals surface area contributed by atoms with Crippen LogP contribution in [0.15, 0.2) is 29.1 Å². The number of aromatic amines is 1. The van der Waals surface area contributed by atoms with E-state index >= 15 is 0 Å². The summed E-state index contributed by atoms with van der Waals surface area (Å²) >= 11 is 0. The third-order valence-electron chi connectivity index (χ3n) is 2.96. The third kappa shape index (κ3) is 1.28. The van der Waals surface area contributed by atoms with Crippen LogP contribution >= 0.6 is 0 Å². The van der Waals surface area contributed by atoms with Gasteiger partial charge in [-0.25, -0.2) is 14.3 Å². The summed E-state index contributed by atoms with van der Waals surface area (Å²) in [4.78, 5) is 11.5. The van der Waals surface area contributed by atoms with Gasteiger partial charge in [-0.15, -0.1) is 0 Å². The number of hydrogen-bond acceptors (Lipinski definition) is 2. The van der Waals surface area contributed by atoms with Crippen LogP contribution in [0.4, 0.5) is 4.39 Å². The van der Waals surface area contributed by atoms with Gasteiger partial charge in [-0.2, -0.15) is 5.10 Å². The minimum Gasteiger partial charge on any atom is -0.271 e. The van der Waals surface area contributed by atoms with Gasteiger partial charge in [0.05, 0.1) is 6.04 Å². The fourth-order valence-corrected chi connectivity index (χ4v) is 2.26. The molecule has 0 unspecified atom stereocenters. The predicted molar refractivity (Wildman–Crippen MR) is 55.7 cm³/mol. The van der Waals surface area contributed by atoms with E-state index in [-0.39, 0.29) is 17.5 Å². The summed E-state index contributed by atoms with van der Waals surface area (Å²) in [5.41, 5.74) is 0.601. The number of aryl methyl sites for hydroxylation is 1. The quantitative estimate of drug-likeness (QED) is 0.784. The molecule has 4 nitrogen and oxygen atoms in total. The molecule has 5 heteroatoms. The minimum absolute atomic E-state index is 0.0862. The van der Waals surface area contributed by atoms with Crippen LogP contribution in [0.1, 0.15) is 23.9 Å². The highest BCUT2D eigenvalue weighted by Crippen LogP contribution is 2.28. The molecule has 0 bridgehead atoms. The van der Waals surface area contributed by atoms with Crippen molar-refractivity contribution in [3.8, 4) is 0 Å². The summed E-state index contributed by atoms with van der Waals surface area (Å²) < 4.78 is 14.7. The largest absolute Gasteiger partial charge is 0.343 e. The number of halogens is 1. The van der Waals surface area contributed by atoms with Gasteiger partial charge in [-0.1, -0.05) is 12.1 Å². The molecule has 1 atom stereocenters. The Morgan fingerprint density at radius 2 is 2.38 bits per heavy atom. The Bertz CT molecular complexity index is 587. The molecule has 3 rings (SSSR count). The lowest BCUT2D eigenvalue weighted by atomic mass is 10.0. The molecule has 0 aliphatic carbocycles. The van der Waals surface area contributed by atoms with E-state index < -0.39 is 0 Å². The maximum atomic E-state index is 13.1. The highest BCUT2D eigenvalue weighted by molar-refractivity contribution is 5.23. The van der Waals surface area contributed by atoms with Crippen LogP contribution in [0.5, 0.6) is 0 Å². The number of nitrogens with one attached hydrogen (secondary N) is 1. The third-order valence-corrected chi connectivity index (χ3v) is 2.96. The zero-order valence-corrected chi connectivity index (χ0v) is 8.48. The number of rotatable bonds is 1. The summed E-state index contributed by atoms with van der Waals surface area (Å²) in [6.07, 6.45) is 1.55. The SMILES string of the molecule is O=c1[nH]nc2n1[C@H](c1cccc(F)c1)CC2. The molecule has 82 valence electrons. The molecular formula is C11H10FN3O. The van der Waals surface area contributed by atoms with Crippen LogP contribution in [0, 0.1) is 5.82 Å². The number of nitrogens with zero attached hydrogens (tertiary/aromatic N) is 2. The van der Waals surface area contributed by atoms with Gasteiger partial charge < -0.3 is 0 Å². The van der Waals surface area contributed by atoms with E-state index in [9.17, 15) is 9.18 Å². The van der Waals surface area contributed by atoms with Crippen LogP contribution in [0.3, 0.4) is 0 Å². The smallest absolute Gasteiger partial charge is 0.271 e. The number of benzene rings is 1. The monoisotopic (exact) mass is 219 g/mol. The van der Waals surface area contributed by atoms with E-state index in [0.717, 1.165) is 24.2 Å². The first-order chi connectivity index (χ1) is 7.75. The van der Waals surface area contributed by atoms with Crippen LogP contribution in [-0.4, -0.2) is 14.8 Å². The normalized spacial score (nSPS) is 18.7. The van der Waals surface area contributed by atoms with Gasteiger partial charge in [0.2, 0.25) is 0 Å². The van der Waals surface area contributed by atoms with Crippen molar-refractivity contribution in [1.29, 1.82) is 0 Å². The molecule has 0 saturated carbocycles. The molecule has 1 aromatic heterocycles. The van der Waals surface area contributed by atoms with Gasteiger partial charge in [0, 0.05) is 6.42 Å². The molecule has 16 heavy (non-hydrogen) atoms. The fourth-order valence-electron chi connectivity index (χ4n) is 2.26. The molecule has 0 amide bonds. The first-order valence-corrected chi connectivity index (χ1v) is 5.17. The van der Waals surface area contributed by atoms with Crippen molar-refractivity contribution in [1.82, 2.24) is 14.8 Å². The first kappa shape index (κ1) is 9.33. The summed E-state index contributed by atoms with van der Waals surface area (Å²) in [5.74, 6) is 0.474. The Morgan fingerprint density at radius 3 is 3.19 bits per heavy atom. The lowest BCUT2D eigenvalue weighted by Crippen LogP contribution is -2.20. The second-order valence-electron chi connectivity index (χ2n) is 3.92. The topological polar surface area (TPSA) is 50.7 Å². The van der Waals surface area contributed by atoms with Crippen LogP contribution in [0.2, 0.25) is 0 Å². The number of fused-ring (bicyclic) bond motifs is 1. The van der Waals surface area contributed by atoms with Gasteiger partial charge in [0.25, 0.3) is 0 Å². The molecule has 1 aromatic carbocycles. The van der Waals surface area contributed by atoms with Crippen molar-refractivity contribution in [3.63, 3.8) is 0 Å². The highest BCUT2D eigenvalue weighted by Gasteiger charge is 2.26. The number of H-pyrrole nitrogens is 1. The molecule has 1 aliphatic rings. The van der Waals surface area contributed by atoms with Crippen LogP contribution in [-0.2, 0) is 6.42 Å². The molecular weight excluding hydrogens is 209 g/mol. The number of hydrogen-bond donors (Lipinski definition) is 1. The zero-order chi connectivity index (χ0) is 11.1. The highest BCUT2D eigenvalue weighted by atomic mass is 19.1. The summed E-state index contributed by atoms with van der Waals surface area (Å²) in [7, 11) is 0. The lowest BCUT2D eigenvalue weighted by Gasteiger charge is -2.11. The van der Waals surface area contributed by atoms with Gasteiger partial charge in [0.15, 0.2) is 0 Å². The standard InChI is InChI=1S/C11H10FN3O/c12-8-3-1-2-7(6-8)9-4-5-10-13-14-11(16)15(9)10/h1-3,6,9H,4-5H2,(H,14,16)/t9-/m0/s1. The van der Waals surface area contributed by atoms with Crippen molar-refractivity contribution in [2.24, 2.45) is 0 Å². The molecule has 0 spiro atoms. The second kappa shape index (κ2) is 3.30. The number of aromatic nitrogens is 3. The predicted octanol–water partition coefficient (Wildman–Crippen LogP) is 1.25. The zero-order valence-electron chi connectivity index (χ0n) is 8.48. The summed E-state index contributed by atoms with van der Waals surface area (Å²) in [6.45, 7) is 0. The Balaban J connectivity index is 2.10. The average Bonchev–Trinajstić information content (AvgIpc) is 2.82. The van der Waals surface area contributed by atoms with E-state index in [2.05, 4.69) is 10.2 Å². The van der Waals surface area contributed by atoms with Crippen LogP contribution < -0.4 is 5.69 Å². The Kier molecular flexibility index (Phi) is 1.92. The minimum atomic E-state index is -0.275. The van der Waals surface area contributed by atoms with Crippen molar-refractivity contribution < 1.29 is 4.39 Å². The van der Waals surface area contributed by atoms with Crippen molar-refractivity contribution in [2.45, 2.75) is 18.9 Å². The Hall–Kier alpha value is -1.91. The molecule has 1 N–H and O–H groups in total. The van der Waals surface area contributed by atoms with Crippen molar-refractivity contribution >= 4 is 0 Å². The van der Waals surface area contributed by atoms with Crippen molar-refractivity contribution in [3.05, 3.63) is 52.0 Å². The van der Waals surface area contributed by atoms with E-state index in [1.54, 1.807) is 10.6 Å².